The molecule has 0 saturated heterocycles. The molecule has 9 heteroatoms. The zero-order valence-electron chi connectivity index (χ0n) is 17.8. The number of nitrogens with zero attached hydrogens (tertiary/aromatic N) is 3. The number of carbonyl (C=O) groups is 1. The van der Waals surface area contributed by atoms with E-state index in [1.165, 1.54) is 0 Å². The van der Waals surface area contributed by atoms with E-state index in [0.717, 1.165) is 12.0 Å². The second-order valence-electron chi connectivity index (χ2n) is 7.54. The van der Waals surface area contributed by atoms with Gasteiger partial charge in [-0.15, -0.1) is 5.10 Å². The topological polar surface area (TPSA) is 78.3 Å². The molecule has 1 N–H and O–H groups in total. The summed E-state index contributed by atoms with van der Waals surface area (Å²) < 4.78 is 12.4. The number of aryl methyl sites for hydroxylation is 2. The van der Waals surface area contributed by atoms with Crippen molar-refractivity contribution >= 4 is 29.1 Å². The molecule has 0 aliphatic carbocycles. The first-order valence-electron chi connectivity index (χ1n) is 9.62. The van der Waals surface area contributed by atoms with E-state index in [4.69, 9.17) is 32.7 Å². The van der Waals surface area contributed by atoms with Gasteiger partial charge in [0.25, 0.3) is 5.91 Å². The van der Waals surface area contributed by atoms with Crippen molar-refractivity contribution in [1.82, 2.24) is 20.3 Å². The molecule has 0 unspecified atom stereocenters. The smallest absolute Gasteiger partial charge is 0.252 e. The Morgan fingerprint density at radius 1 is 1.06 bits per heavy atom. The first-order chi connectivity index (χ1) is 14.7. The minimum Gasteiger partial charge on any atom is -0.493 e. The fourth-order valence-corrected chi connectivity index (χ4v) is 3.60. The van der Waals surface area contributed by atoms with Gasteiger partial charge in [0, 0.05) is 22.2 Å². The number of benzene rings is 2. The number of aromatic nitrogens is 3. The molecule has 3 rings (SSSR count). The standard InChI is InChI=1S/C22H24Cl2N4O3/c1-22(2,25-21(29)15-10-16(23)12-17(24)11-15)20-13-28(27-26-20)8-7-14-5-6-18(30-3)19(9-14)31-4/h5-6,9-13H,7-8H2,1-4H3,(H,25,29). The van der Waals surface area contributed by atoms with Gasteiger partial charge in [0.2, 0.25) is 0 Å². The summed E-state index contributed by atoms with van der Waals surface area (Å²) in [5.74, 6) is 1.08. The van der Waals surface area contributed by atoms with Gasteiger partial charge in [0.1, 0.15) is 5.69 Å². The van der Waals surface area contributed by atoms with Crippen LogP contribution in [0.2, 0.25) is 10.0 Å². The maximum absolute atomic E-state index is 12.7. The number of hydrogen-bond acceptors (Lipinski definition) is 5. The van der Waals surface area contributed by atoms with Crippen molar-refractivity contribution < 1.29 is 14.3 Å². The Labute approximate surface area is 191 Å². The maximum atomic E-state index is 12.7. The molecular weight excluding hydrogens is 439 g/mol. The summed E-state index contributed by atoms with van der Waals surface area (Å²) in [6.45, 7) is 4.34. The van der Waals surface area contributed by atoms with Crippen LogP contribution in [0.15, 0.2) is 42.6 Å². The number of halogens is 2. The van der Waals surface area contributed by atoms with Crippen molar-refractivity contribution in [2.45, 2.75) is 32.4 Å². The van der Waals surface area contributed by atoms with Gasteiger partial charge >= 0.3 is 0 Å². The summed E-state index contributed by atoms with van der Waals surface area (Å²) in [7, 11) is 3.22. The SMILES string of the molecule is COc1ccc(CCn2cc(C(C)(C)NC(=O)c3cc(Cl)cc(Cl)c3)nn2)cc1OC. The van der Waals surface area contributed by atoms with Crippen molar-refractivity contribution in [3.63, 3.8) is 0 Å². The van der Waals surface area contributed by atoms with Crippen LogP contribution in [-0.4, -0.2) is 35.1 Å². The molecule has 0 aliphatic heterocycles. The van der Waals surface area contributed by atoms with Crippen LogP contribution in [-0.2, 0) is 18.5 Å². The molecule has 1 aromatic heterocycles. The summed E-state index contributed by atoms with van der Waals surface area (Å²) in [5.41, 5.74) is 1.36. The quantitative estimate of drug-likeness (QED) is 0.532. The fraction of sp³-hybridized carbons (Fsp3) is 0.318. The molecule has 0 radical (unpaired) electrons. The van der Waals surface area contributed by atoms with Crippen LogP contribution in [0.5, 0.6) is 11.5 Å². The number of rotatable bonds is 8. The predicted octanol–water partition coefficient (Wildman–Crippen LogP) is 4.51. The van der Waals surface area contributed by atoms with E-state index in [9.17, 15) is 4.79 Å². The van der Waals surface area contributed by atoms with Crippen molar-refractivity contribution in [1.29, 1.82) is 0 Å². The van der Waals surface area contributed by atoms with Gasteiger partial charge in [-0.3, -0.25) is 9.48 Å². The molecule has 0 spiro atoms. The summed E-state index contributed by atoms with van der Waals surface area (Å²) in [5, 5.41) is 12.2. The number of nitrogens with one attached hydrogen (secondary N) is 1. The van der Waals surface area contributed by atoms with E-state index >= 15 is 0 Å². The average molecular weight is 463 g/mol. The molecule has 164 valence electrons. The molecule has 0 fully saturated rings. The van der Waals surface area contributed by atoms with Crippen molar-refractivity contribution in [2.24, 2.45) is 0 Å². The lowest BCUT2D eigenvalue weighted by atomic mass is 10.0. The first-order valence-corrected chi connectivity index (χ1v) is 10.4. The molecule has 3 aromatic rings. The van der Waals surface area contributed by atoms with Crippen molar-refractivity contribution in [3.05, 3.63) is 69.5 Å². The zero-order valence-corrected chi connectivity index (χ0v) is 19.3. The van der Waals surface area contributed by atoms with Gasteiger partial charge in [-0.05, 0) is 56.2 Å². The van der Waals surface area contributed by atoms with E-state index in [1.807, 2.05) is 38.2 Å². The van der Waals surface area contributed by atoms with Crippen LogP contribution in [0.1, 0.15) is 35.5 Å². The van der Waals surface area contributed by atoms with Crippen LogP contribution in [0.3, 0.4) is 0 Å². The average Bonchev–Trinajstić information content (AvgIpc) is 3.21. The molecule has 0 bridgehead atoms. The Morgan fingerprint density at radius 3 is 2.39 bits per heavy atom. The van der Waals surface area contributed by atoms with E-state index < -0.39 is 5.54 Å². The number of methoxy groups -OCH3 is 2. The van der Waals surface area contributed by atoms with E-state index in [0.29, 0.717) is 39.3 Å². The fourth-order valence-electron chi connectivity index (χ4n) is 3.08. The Hall–Kier alpha value is -2.77. The van der Waals surface area contributed by atoms with Gasteiger partial charge < -0.3 is 14.8 Å². The molecule has 1 heterocycles. The third-order valence-electron chi connectivity index (χ3n) is 4.81. The highest BCUT2D eigenvalue weighted by atomic mass is 35.5. The minimum absolute atomic E-state index is 0.297. The Bertz CT molecular complexity index is 1060. The molecule has 0 aliphatic rings. The Kier molecular flexibility index (Phi) is 7.08. The van der Waals surface area contributed by atoms with Gasteiger partial charge in [-0.2, -0.15) is 0 Å². The van der Waals surface area contributed by atoms with E-state index in [-0.39, 0.29) is 5.91 Å². The molecule has 0 atom stereocenters. The summed E-state index contributed by atoms with van der Waals surface area (Å²) in [6, 6.07) is 10.5. The third kappa shape index (κ3) is 5.68. The molecule has 0 saturated carbocycles. The maximum Gasteiger partial charge on any atom is 0.252 e. The summed E-state index contributed by atoms with van der Waals surface area (Å²) >= 11 is 12.0. The van der Waals surface area contributed by atoms with Crippen LogP contribution in [0, 0.1) is 0 Å². The monoisotopic (exact) mass is 462 g/mol. The zero-order chi connectivity index (χ0) is 22.6. The van der Waals surface area contributed by atoms with Gasteiger partial charge in [-0.25, -0.2) is 0 Å². The molecule has 31 heavy (non-hydrogen) atoms. The normalized spacial score (nSPS) is 11.3. The molecule has 1 amide bonds. The van der Waals surface area contributed by atoms with Crippen molar-refractivity contribution in [2.75, 3.05) is 14.2 Å². The van der Waals surface area contributed by atoms with E-state index in [2.05, 4.69) is 15.6 Å². The van der Waals surface area contributed by atoms with Crippen LogP contribution in [0.25, 0.3) is 0 Å². The van der Waals surface area contributed by atoms with Gasteiger partial charge in [0.05, 0.1) is 26.0 Å². The molecule has 7 nitrogen and oxygen atoms in total. The molecule has 2 aromatic carbocycles. The predicted molar refractivity (Wildman–Crippen MR) is 120 cm³/mol. The lowest BCUT2D eigenvalue weighted by molar-refractivity contribution is 0.0910. The van der Waals surface area contributed by atoms with Gasteiger partial charge in [0.15, 0.2) is 11.5 Å². The number of amides is 1. The van der Waals surface area contributed by atoms with E-state index in [1.54, 1.807) is 37.1 Å². The minimum atomic E-state index is -0.743. The number of ether oxygens (including phenoxy) is 2. The largest absolute Gasteiger partial charge is 0.493 e. The molecular formula is C22H24Cl2N4O3. The van der Waals surface area contributed by atoms with Crippen LogP contribution in [0.4, 0.5) is 0 Å². The second-order valence-corrected chi connectivity index (χ2v) is 8.42. The summed E-state index contributed by atoms with van der Waals surface area (Å²) in [6.07, 6.45) is 2.56. The number of hydrogen-bond donors (Lipinski definition) is 1. The lowest BCUT2D eigenvalue weighted by Gasteiger charge is -2.23. The van der Waals surface area contributed by atoms with Gasteiger partial charge in [-0.1, -0.05) is 34.5 Å². The van der Waals surface area contributed by atoms with Crippen LogP contribution < -0.4 is 14.8 Å². The lowest BCUT2D eigenvalue weighted by Crippen LogP contribution is -2.41. The van der Waals surface area contributed by atoms with Crippen LogP contribution >= 0.6 is 23.2 Å². The second kappa shape index (κ2) is 9.58. The first kappa shape index (κ1) is 22.9. The summed E-state index contributed by atoms with van der Waals surface area (Å²) in [4.78, 5) is 12.7. The number of carbonyl (C=O) groups excluding carboxylic acids is 1. The highest BCUT2D eigenvalue weighted by Gasteiger charge is 2.27. The Balaban J connectivity index is 1.67. The van der Waals surface area contributed by atoms with Crippen molar-refractivity contribution in [3.8, 4) is 11.5 Å². The third-order valence-corrected chi connectivity index (χ3v) is 5.24. The Morgan fingerprint density at radius 2 is 1.74 bits per heavy atom. The highest BCUT2D eigenvalue weighted by Crippen LogP contribution is 2.28. The highest BCUT2D eigenvalue weighted by molar-refractivity contribution is 6.35.